The molecule has 3 rings (SSSR count). The number of nitrogens with zero attached hydrogens (tertiary/aromatic N) is 3. The van der Waals surface area contributed by atoms with Crippen molar-refractivity contribution in [1.82, 2.24) is 14.8 Å². The Morgan fingerprint density at radius 1 is 1.26 bits per heavy atom. The first-order valence-electron chi connectivity index (χ1n) is 6.51. The topological polar surface area (TPSA) is 50.9 Å². The molecule has 2 aromatic heterocycles. The fourth-order valence-corrected chi connectivity index (χ4v) is 2.57. The van der Waals surface area contributed by atoms with E-state index in [1.54, 1.807) is 0 Å². The average Bonchev–Trinajstić information content (AvgIpc) is 2.68. The molecule has 4 nitrogen and oxygen atoms in total. The highest BCUT2D eigenvalue weighted by atomic mass is 16.3. The Labute approximate surface area is 111 Å². The number of aromatic nitrogens is 3. The maximum atomic E-state index is 10.1. The van der Waals surface area contributed by atoms with Crippen LogP contribution in [0.15, 0.2) is 24.3 Å². The van der Waals surface area contributed by atoms with Crippen LogP contribution in [-0.4, -0.2) is 19.9 Å². The SMILES string of the molecule is CC(C)Cc1c2c(nn1C)c(O)nc1ccccc12. The van der Waals surface area contributed by atoms with Crippen LogP contribution >= 0.6 is 0 Å². The van der Waals surface area contributed by atoms with Gasteiger partial charge in [0.1, 0.15) is 0 Å². The molecular formula is C15H17N3O. The summed E-state index contributed by atoms with van der Waals surface area (Å²) >= 11 is 0. The van der Waals surface area contributed by atoms with Crippen LogP contribution in [0.5, 0.6) is 5.88 Å². The van der Waals surface area contributed by atoms with Crippen molar-refractivity contribution in [3.8, 4) is 5.88 Å². The monoisotopic (exact) mass is 255 g/mol. The lowest BCUT2D eigenvalue weighted by molar-refractivity contribution is 0.460. The summed E-state index contributed by atoms with van der Waals surface area (Å²) < 4.78 is 1.86. The molecule has 3 aromatic rings. The third-order valence-electron chi connectivity index (χ3n) is 3.38. The number of hydrogen-bond donors (Lipinski definition) is 1. The lowest BCUT2D eigenvalue weighted by Crippen LogP contribution is -2.02. The van der Waals surface area contributed by atoms with Gasteiger partial charge in [-0.2, -0.15) is 5.10 Å². The number of aromatic hydroxyl groups is 1. The van der Waals surface area contributed by atoms with Crippen molar-refractivity contribution in [2.24, 2.45) is 13.0 Å². The molecule has 0 radical (unpaired) electrons. The Morgan fingerprint density at radius 3 is 2.74 bits per heavy atom. The van der Waals surface area contributed by atoms with Crippen LogP contribution < -0.4 is 0 Å². The molecule has 0 aliphatic heterocycles. The van der Waals surface area contributed by atoms with Crippen LogP contribution in [0.2, 0.25) is 0 Å². The van der Waals surface area contributed by atoms with E-state index in [2.05, 4.69) is 23.9 Å². The summed E-state index contributed by atoms with van der Waals surface area (Å²) in [5.41, 5.74) is 2.56. The lowest BCUT2D eigenvalue weighted by atomic mass is 10.0. The highest BCUT2D eigenvalue weighted by molar-refractivity contribution is 6.07. The average molecular weight is 255 g/mol. The molecule has 0 bridgehead atoms. The van der Waals surface area contributed by atoms with E-state index in [0.29, 0.717) is 11.4 Å². The third-order valence-corrected chi connectivity index (χ3v) is 3.38. The molecule has 0 amide bonds. The van der Waals surface area contributed by atoms with Crippen LogP contribution in [0.25, 0.3) is 21.8 Å². The van der Waals surface area contributed by atoms with Crippen LogP contribution in [0.3, 0.4) is 0 Å². The molecule has 0 unspecified atom stereocenters. The molecule has 0 saturated heterocycles. The summed E-state index contributed by atoms with van der Waals surface area (Å²) in [6.45, 7) is 4.37. The molecule has 4 heteroatoms. The molecule has 1 N–H and O–H groups in total. The van der Waals surface area contributed by atoms with Crippen molar-refractivity contribution in [2.45, 2.75) is 20.3 Å². The summed E-state index contributed by atoms with van der Waals surface area (Å²) in [6, 6.07) is 7.88. The molecule has 0 aliphatic rings. The van der Waals surface area contributed by atoms with E-state index in [9.17, 15) is 5.11 Å². The highest BCUT2D eigenvalue weighted by Crippen LogP contribution is 2.32. The minimum absolute atomic E-state index is 0.0132. The fraction of sp³-hybridized carbons (Fsp3) is 0.333. The van der Waals surface area contributed by atoms with Crippen LogP contribution in [0.4, 0.5) is 0 Å². The maximum absolute atomic E-state index is 10.1. The maximum Gasteiger partial charge on any atom is 0.240 e. The van der Waals surface area contributed by atoms with E-state index >= 15 is 0 Å². The van der Waals surface area contributed by atoms with Crippen LogP contribution in [0.1, 0.15) is 19.5 Å². The van der Waals surface area contributed by atoms with Gasteiger partial charge < -0.3 is 5.11 Å². The molecule has 19 heavy (non-hydrogen) atoms. The van der Waals surface area contributed by atoms with E-state index in [0.717, 1.165) is 28.4 Å². The van der Waals surface area contributed by atoms with Gasteiger partial charge in [0.2, 0.25) is 5.88 Å². The van der Waals surface area contributed by atoms with E-state index in [-0.39, 0.29) is 5.88 Å². The summed E-state index contributed by atoms with van der Waals surface area (Å²) in [5, 5.41) is 16.6. The summed E-state index contributed by atoms with van der Waals surface area (Å²) in [4.78, 5) is 4.22. The quantitative estimate of drug-likeness (QED) is 0.765. The van der Waals surface area contributed by atoms with Gasteiger partial charge in [-0.15, -0.1) is 0 Å². The molecule has 98 valence electrons. The van der Waals surface area contributed by atoms with Crippen molar-refractivity contribution < 1.29 is 5.11 Å². The van der Waals surface area contributed by atoms with E-state index in [1.165, 1.54) is 0 Å². The smallest absolute Gasteiger partial charge is 0.240 e. The fourth-order valence-electron chi connectivity index (χ4n) is 2.57. The van der Waals surface area contributed by atoms with Gasteiger partial charge in [-0.05, 0) is 18.4 Å². The number of fused-ring (bicyclic) bond motifs is 3. The molecule has 2 heterocycles. The summed E-state index contributed by atoms with van der Waals surface area (Å²) in [5.74, 6) is 0.548. The van der Waals surface area contributed by atoms with Crippen LogP contribution in [0, 0.1) is 5.92 Å². The zero-order valence-electron chi connectivity index (χ0n) is 11.4. The standard InChI is InChI=1S/C15H17N3O/c1-9(2)8-12-13-10-6-4-5-7-11(10)16-15(19)14(13)17-18(12)3/h4-7,9H,8H2,1-3H3,(H,16,19). The molecule has 1 aromatic carbocycles. The minimum atomic E-state index is 0.0132. The summed E-state index contributed by atoms with van der Waals surface area (Å²) in [7, 11) is 1.92. The molecular weight excluding hydrogens is 238 g/mol. The predicted molar refractivity (Wildman–Crippen MR) is 76.2 cm³/mol. The Bertz CT molecular complexity index is 759. The minimum Gasteiger partial charge on any atom is -0.492 e. The van der Waals surface area contributed by atoms with Gasteiger partial charge in [-0.25, -0.2) is 4.98 Å². The van der Waals surface area contributed by atoms with Gasteiger partial charge in [-0.1, -0.05) is 32.0 Å². The molecule has 0 atom stereocenters. The zero-order chi connectivity index (χ0) is 13.6. The number of pyridine rings is 1. The Kier molecular flexibility index (Phi) is 2.66. The Morgan fingerprint density at radius 2 is 2.00 bits per heavy atom. The van der Waals surface area contributed by atoms with Gasteiger partial charge in [-0.3, -0.25) is 4.68 Å². The van der Waals surface area contributed by atoms with E-state index in [1.807, 2.05) is 36.0 Å². The Hall–Kier alpha value is -2.10. The number of hydrogen-bond acceptors (Lipinski definition) is 3. The highest BCUT2D eigenvalue weighted by Gasteiger charge is 2.17. The van der Waals surface area contributed by atoms with Crippen molar-refractivity contribution in [1.29, 1.82) is 0 Å². The van der Waals surface area contributed by atoms with E-state index in [4.69, 9.17) is 0 Å². The van der Waals surface area contributed by atoms with Crippen molar-refractivity contribution >= 4 is 21.8 Å². The van der Waals surface area contributed by atoms with Gasteiger partial charge in [0, 0.05) is 23.5 Å². The number of para-hydroxylation sites is 1. The van der Waals surface area contributed by atoms with Gasteiger partial charge in [0.25, 0.3) is 0 Å². The Balaban J connectivity index is 2.45. The third kappa shape index (κ3) is 1.84. The lowest BCUT2D eigenvalue weighted by Gasteiger charge is -2.07. The zero-order valence-corrected chi connectivity index (χ0v) is 11.4. The van der Waals surface area contributed by atoms with Crippen molar-refractivity contribution in [3.05, 3.63) is 30.0 Å². The normalized spacial score (nSPS) is 11.8. The van der Waals surface area contributed by atoms with Gasteiger partial charge >= 0.3 is 0 Å². The van der Waals surface area contributed by atoms with Crippen LogP contribution in [-0.2, 0) is 13.5 Å². The van der Waals surface area contributed by atoms with Gasteiger partial charge in [0.05, 0.1) is 5.52 Å². The molecule has 0 spiro atoms. The van der Waals surface area contributed by atoms with Crippen molar-refractivity contribution in [3.63, 3.8) is 0 Å². The number of benzene rings is 1. The number of aryl methyl sites for hydroxylation is 1. The van der Waals surface area contributed by atoms with E-state index < -0.39 is 0 Å². The first kappa shape index (κ1) is 12.0. The molecule has 0 saturated carbocycles. The largest absolute Gasteiger partial charge is 0.492 e. The first-order chi connectivity index (χ1) is 9.08. The first-order valence-corrected chi connectivity index (χ1v) is 6.51. The second-order valence-corrected chi connectivity index (χ2v) is 5.34. The second-order valence-electron chi connectivity index (χ2n) is 5.34. The predicted octanol–water partition coefficient (Wildman–Crippen LogP) is 3.03. The van der Waals surface area contributed by atoms with Gasteiger partial charge in [0.15, 0.2) is 5.52 Å². The number of rotatable bonds is 2. The van der Waals surface area contributed by atoms with Crippen molar-refractivity contribution in [2.75, 3.05) is 0 Å². The molecule has 0 aliphatic carbocycles. The summed E-state index contributed by atoms with van der Waals surface area (Å²) in [6.07, 6.45) is 0.931. The molecule has 0 fully saturated rings. The second kappa shape index (κ2) is 4.23.